The van der Waals surface area contributed by atoms with Gasteiger partial charge in [-0.2, -0.15) is 0 Å². The summed E-state index contributed by atoms with van der Waals surface area (Å²) >= 11 is 0. The first-order valence-electron chi connectivity index (χ1n) is 9.54. The summed E-state index contributed by atoms with van der Waals surface area (Å²) in [5.74, 6) is -1.49. The van der Waals surface area contributed by atoms with E-state index < -0.39 is 24.9 Å². The number of esters is 1. The highest BCUT2D eigenvalue weighted by molar-refractivity contribution is 7.96. The Hall–Kier alpha value is -2.97. The molecular weight excluding hydrogens is 383 g/mol. The Morgan fingerprint density at radius 2 is 1.17 bits per heavy atom. The molecule has 0 saturated carbocycles. The predicted octanol–water partition coefficient (Wildman–Crippen LogP) is 3.39. The van der Waals surface area contributed by atoms with E-state index in [1.807, 2.05) is 91.0 Å². The van der Waals surface area contributed by atoms with E-state index in [0.717, 1.165) is 15.9 Å². The standard InChI is InChI=1S/C24H23O4P/c1-2-28-24(27)22(18-23(25)26)29(19-12-6-3-7-13-19,20-14-8-4-9-15-20)21-16-10-5-11-17-21/h3-17,22H,2,18H2,1H3/p+1. The first-order chi connectivity index (χ1) is 14.1. The number of rotatable bonds is 8. The molecule has 3 aromatic carbocycles. The maximum atomic E-state index is 13.2. The summed E-state index contributed by atoms with van der Waals surface area (Å²) in [4.78, 5) is 25.1. The van der Waals surface area contributed by atoms with Gasteiger partial charge >= 0.3 is 11.9 Å². The van der Waals surface area contributed by atoms with E-state index in [1.165, 1.54) is 0 Å². The quantitative estimate of drug-likeness (QED) is 0.459. The second kappa shape index (κ2) is 9.49. The third kappa shape index (κ3) is 4.23. The van der Waals surface area contributed by atoms with Gasteiger partial charge in [0.05, 0.1) is 13.0 Å². The number of carboxylic acids is 1. The molecule has 1 atom stereocenters. The first-order valence-corrected chi connectivity index (χ1v) is 11.4. The van der Waals surface area contributed by atoms with Crippen LogP contribution < -0.4 is 15.9 Å². The Bertz CT molecular complexity index is 846. The van der Waals surface area contributed by atoms with Gasteiger partial charge in [0.1, 0.15) is 23.2 Å². The number of carboxylic acid groups (broad SMARTS) is 1. The highest BCUT2D eigenvalue weighted by atomic mass is 31.2. The van der Waals surface area contributed by atoms with E-state index in [9.17, 15) is 14.7 Å². The van der Waals surface area contributed by atoms with Gasteiger partial charge in [-0.05, 0) is 43.3 Å². The Balaban J connectivity index is 2.40. The van der Waals surface area contributed by atoms with Crippen LogP contribution >= 0.6 is 7.26 Å². The molecule has 0 aliphatic heterocycles. The van der Waals surface area contributed by atoms with Crippen molar-refractivity contribution in [1.82, 2.24) is 0 Å². The minimum atomic E-state index is -2.66. The molecule has 0 aliphatic rings. The number of ether oxygens (including phenoxy) is 1. The van der Waals surface area contributed by atoms with E-state index in [4.69, 9.17) is 4.74 Å². The summed E-state index contributed by atoms with van der Waals surface area (Å²) in [7, 11) is -2.66. The zero-order valence-electron chi connectivity index (χ0n) is 16.3. The molecule has 4 nitrogen and oxygen atoms in total. The van der Waals surface area contributed by atoms with Crippen molar-refractivity contribution in [1.29, 1.82) is 0 Å². The third-order valence-electron chi connectivity index (χ3n) is 4.88. The smallest absolute Gasteiger partial charge is 0.348 e. The van der Waals surface area contributed by atoms with E-state index in [2.05, 4.69) is 0 Å². The van der Waals surface area contributed by atoms with Crippen molar-refractivity contribution in [3.63, 3.8) is 0 Å². The molecule has 3 aromatic rings. The molecule has 1 unspecified atom stereocenters. The SMILES string of the molecule is CCOC(=O)C(CC(=O)O)[P+](c1ccccc1)(c1ccccc1)c1ccccc1. The fourth-order valence-corrected chi connectivity index (χ4v) is 8.48. The van der Waals surface area contributed by atoms with Crippen LogP contribution in [0.5, 0.6) is 0 Å². The second-order valence-electron chi connectivity index (χ2n) is 6.60. The fraction of sp³-hybridized carbons (Fsp3) is 0.167. The van der Waals surface area contributed by atoms with Crippen LogP contribution in [0.15, 0.2) is 91.0 Å². The molecule has 148 valence electrons. The molecular formula is C24H24O4P+. The highest BCUT2D eigenvalue weighted by Gasteiger charge is 2.57. The second-order valence-corrected chi connectivity index (χ2v) is 10.2. The van der Waals surface area contributed by atoms with E-state index >= 15 is 0 Å². The largest absolute Gasteiger partial charge is 0.481 e. The monoisotopic (exact) mass is 407 g/mol. The molecule has 0 heterocycles. The number of hydrogen-bond acceptors (Lipinski definition) is 3. The molecule has 0 spiro atoms. The van der Waals surface area contributed by atoms with Crippen LogP contribution in [0.1, 0.15) is 13.3 Å². The minimum absolute atomic E-state index is 0.202. The van der Waals surface area contributed by atoms with Crippen molar-refractivity contribution < 1.29 is 19.4 Å². The third-order valence-corrected chi connectivity index (χ3v) is 9.55. The maximum absolute atomic E-state index is 13.2. The molecule has 0 saturated heterocycles. The maximum Gasteiger partial charge on any atom is 0.348 e. The summed E-state index contributed by atoms with van der Waals surface area (Å²) in [5, 5.41) is 12.6. The van der Waals surface area contributed by atoms with Crippen molar-refractivity contribution in [2.75, 3.05) is 6.61 Å². The van der Waals surface area contributed by atoms with Crippen molar-refractivity contribution in [2.24, 2.45) is 0 Å². The summed E-state index contributed by atoms with van der Waals surface area (Å²) in [6.07, 6.45) is -0.300. The van der Waals surface area contributed by atoms with Crippen molar-refractivity contribution in [2.45, 2.75) is 19.0 Å². The summed E-state index contributed by atoms with van der Waals surface area (Å²) in [6.45, 7) is 1.94. The van der Waals surface area contributed by atoms with Gasteiger partial charge in [0.2, 0.25) is 0 Å². The van der Waals surface area contributed by atoms with Crippen LogP contribution in [0, 0.1) is 0 Å². The van der Waals surface area contributed by atoms with Crippen LogP contribution in [0.25, 0.3) is 0 Å². The highest BCUT2D eigenvalue weighted by Crippen LogP contribution is 2.61. The number of hydrogen-bond donors (Lipinski definition) is 1. The summed E-state index contributed by atoms with van der Waals surface area (Å²) in [5.41, 5.74) is -0.827. The van der Waals surface area contributed by atoms with Gasteiger partial charge in [0, 0.05) is 0 Å². The lowest BCUT2D eigenvalue weighted by Crippen LogP contribution is -2.44. The van der Waals surface area contributed by atoms with E-state index in [1.54, 1.807) is 6.92 Å². The molecule has 0 fully saturated rings. The normalized spacial score (nSPS) is 12.2. The Morgan fingerprint density at radius 3 is 1.48 bits per heavy atom. The Kier molecular flexibility index (Phi) is 6.79. The van der Waals surface area contributed by atoms with Crippen LogP contribution in [-0.4, -0.2) is 29.3 Å². The Labute approximate surface area is 171 Å². The number of carbonyl (C=O) groups is 2. The number of benzene rings is 3. The average Bonchev–Trinajstić information content (AvgIpc) is 2.76. The summed E-state index contributed by atoms with van der Waals surface area (Å²) < 4.78 is 5.40. The van der Waals surface area contributed by atoms with Gasteiger partial charge in [-0.15, -0.1) is 0 Å². The van der Waals surface area contributed by atoms with Gasteiger partial charge in [-0.25, -0.2) is 4.79 Å². The van der Waals surface area contributed by atoms with Gasteiger partial charge in [0.25, 0.3) is 0 Å². The molecule has 1 N–H and O–H groups in total. The van der Waals surface area contributed by atoms with Crippen molar-refractivity contribution in [3.05, 3.63) is 91.0 Å². The molecule has 29 heavy (non-hydrogen) atoms. The predicted molar refractivity (Wildman–Crippen MR) is 118 cm³/mol. The van der Waals surface area contributed by atoms with Gasteiger partial charge < -0.3 is 9.84 Å². The van der Waals surface area contributed by atoms with Crippen LogP contribution in [0.4, 0.5) is 0 Å². The number of carbonyl (C=O) groups excluding carboxylic acids is 1. The molecule has 0 aliphatic carbocycles. The molecule has 0 aromatic heterocycles. The minimum Gasteiger partial charge on any atom is -0.481 e. The molecule has 0 radical (unpaired) electrons. The number of aliphatic carboxylic acids is 1. The lowest BCUT2D eigenvalue weighted by atomic mass is 10.3. The van der Waals surface area contributed by atoms with E-state index in [-0.39, 0.29) is 13.0 Å². The lowest BCUT2D eigenvalue weighted by molar-refractivity contribution is -0.146. The van der Waals surface area contributed by atoms with Gasteiger partial charge in [-0.3, -0.25) is 4.79 Å². The van der Waals surface area contributed by atoms with Crippen LogP contribution in [-0.2, 0) is 14.3 Å². The zero-order valence-corrected chi connectivity index (χ0v) is 17.2. The topological polar surface area (TPSA) is 63.6 Å². The van der Waals surface area contributed by atoms with Gasteiger partial charge in [-0.1, -0.05) is 54.6 Å². The molecule has 0 bridgehead atoms. The van der Waals surface area contributed by atoms with Crippen molar-refractivity contribution in [3.8, 4) is 0 Å². The molecule has 3 rings (SSSR count). The van der Waals surface area contributed by atoms with Crippen molar-refractivity contribution >= 4 is 35.1 Å². The van der Waals surface area contributed by atoms with Crippen LogP contribution in [0.2, 0.25) is 0 Å². The van der Waals surface area contributed by atoms with Gasteiger partial charge in [0.15, 0.2) is 5.66 Å². The lowest BCUT2D eigenvalue weighted by Gasteiger charge is -2.32. The summed E-state index contributed by atoms with van der Waals surface area (Å²) in [6, 6.07) is 29.3. The van der Waals surface area contributed by atoms with E-state index in [0.29, 0.717) is 0 Å². The van der Waals surface area contributed by atoms with Crippen LogP contribution in [0.3, 0.4) is 0 Å². The Morgan fingerprint density at radius 1 is 0.793 bits per heavy atom. The first kappa shape index (κ1) is 20.8. The average molecular weight is 407 g/mol. The fourth-order valence-electron chi connectivity index (χ4n) is 3.76. The zero-order chi connectivity index (χ0) is 20.7. The molecule has 5 heteroatoms. The molecule has 0 amide bonds.